The van der Waals surface area contributed by atoms with Gasteiger partial charge in [-0.2, -0.15) is 0 Å². The number of hydrogen-bond acceptors (Lipinski definition) is 3. The van der Waals surface area contributed by atoms with Gasteiger partial charge in [0.15, 0.2) is 0 Å². The first-order valence-electron chi connectivity index (χ1n) is 8.96. The first-order chi connectivity index (χ1) is 11.6. The fourth-order valence-corrected chi connectivity index (χ4v) is 3.39. The van der Waals surface area contributed by atoms with Gasteiger partial charge in [0, 0.05) is 19.6 Å². The van der Waals surface area contributed by atoms with Crippen molar-refractivity contribution < 1.29 is 9.53 Å². The number of carbonyl (C=O) groups excluding carboxylic acids is 1. The lowest BCUT2D eigenvalue weighted by atomic mass is 10.0. The Bertz CT molecular complexity index is 583. The molecule has 0 spiro atoms. The highest BCUT2D eigenvalue weighted by molar-refractivity contribution is 5.80. The number of ether oxygens (including phenoxy) is 1. The monoisotopic (exact) mass is 328 g/mol. The van der Waals surface area contributed by atoms with Gasteiger partial charge in [0.2, 0.25) is 5.91 Å². The molecular formula is C20H28N2O2. The first kappa shape index (κ1) is 17.2. The Kier molecular flexibility index (Phi) is 5.69. The van der Waals surface area contributed by atoms with Crippen LogP contribution < -0.4 is 5.32 Å². The lowest BCUT2D eigenvalue weighted by Gasteiger charge is -2.28. The minimum absolute atomic E-state index is 0.0559. The van der Waals surface area contributed by atoms with Gasteiger partial charge < -0.3 is 10.1 Å². The van der Waals surface area contributed by atoms with Crippen LogP contribution in [0.4, 0.5) is 0 Å². The van der Waals surface area contributed by atoms with Crippen LogP contribution >= 0.6 is 0 Å². The zero-order chi connectivity index (χ0) is 16.9. The molecule has 0 radical (unpaired) electrons. The van der Waals surface area contributed by atoms with Crippen molar-refractivity contribution in [1.29, 1.82) is 0 Å². The van der Waals surface area contributed by atoms with Crippen LogP contribution in [0.2, 0.25) is 0 Å². The fourth-order valence-electron chi connectivity index (χ4n) is 3.39. The average molecular weight is 328 g/mol. The van der Waals surface area contributed by atoms with E-state index in [4.69, 9.17) is 4.74 Å². The van der Waals surface area contributed by atoms with Crippen LogP contribution in [-0.2, 0) is 9.53 Å². The van der Waals surface area contributed by atoms with Gasteiger partial charge in [-0.15, -0.1) is 0 Å². The van der Waals surface area contributed by atoms with E-state index in [0.717, 1.165) is 26.1 Å². The van der Waals surface area contributed by atoms with E-state index < -0.39 is 0 Å². The van der Waals surface area contributed by atoms with Gasteiger partial charge in [0.25, 0.3) is 0 Å². The lowest BCUT2D eigenvalue weighted by Crippen LogP contribution is -2.42. The number of hydrogen-bond donors (Lipinski definition) is 1. The maximum absolute atomic E-state index is 12.2. The van der Waals surface area contributed by atoms with Gasteiger partial charge in [-0.1, -0.05) is 50.3 Å². The molecule has 24 heavy (non-hydrogen) atoms. The van der Waals surface area contributed by atoms with E-state index in [9.17, 15) is 4.79 Å². The Morgan fingerprint density at radius 1 is 1.29 bits per heavy atom. The van der Waals surface area contributed by atoms with E-state index in [0.29, 0.717) is 19.1 Å². The number of carbonyl (C=O) groups is 1. The average Bonchev–Trinajstić information content (AvgIpc) is 2.80. The van der Waals surface area contributed by atoms with Gasteiger partial charge in [-0.3, -0.25) is 9.69 Å². The van der Waals surface area contributed by atoms with Crippen molar-refractivity contribution >= 4 is 11.5 Å². The quantitative estimate of drug-likeness (QED) is 0.903. The summed E-state index contributed by atoms with van der Waals surface area (Å²) in [5, 5.41) is 3.11. The number of nitrogens with zero attached hydrogens (tertiary/aromatic N) is 1. The summed E-state index contributed by atoms with van der Waals surface area (Å²) in [6.45, 7) is 8.16. The highest BCUT2D eigenvalue weighted by atomic mass is 16.5. The van der Waals surface area contributed by atoms with E-state index in [1.807, 2.05) is 0 Å². The van der Waals surface area contributed by atoms with Gasteiger partial charge in [-0.25, -0.2) is 0 Å². The third kappa shape index (κ3) is 4.46. The van der Waals surface area contributed by atoms with E-state index in [1.165, 1.54) is 11.1 Å². The molecule has 1 aromatic carbocycles. The molecule has 3 rings (SSSR count). The van der Waals surface area contributed by atoms with Crippen molar-refractivity contribution in [2.75, 3.05) is 32.8 Å². The summed E-state index contributed by atoms with van der Waals surface area (Å²) in [4.78, 5) is 14.6. The summed E-state index contributed by atoms with van der Waals surface area (Å²) in [5.74, 6) is 0.732. The zero-order valence-corrected chi connectivity index (χ0v) is 14.7. The van der Waals surface area contributed by atoms with Crippen LogP contribution in [0.5, 0.6) is 0 Å². The van der Waals surface area contributed by atoms with E-state index in [2.05, 4.69) is 60.5 Å². The minimum Gasteiger partial charge on any atom is -0.378 e. The smallest absolute Gasteiger partial charge is 0.227 e. The predicted octanol–water partition coefficient (Wildman–Crippen LogP) is 2.56. The summed E-state index contributed by atoms with van der Waals surface area (Å²) >= 11 is 0. The number of allylic oxidation sites excluding steroid dienone is 1. The molecular weight excluding hydrogens is 300 g/mol. The molecule has 2 fully saturated rings. The van der Waals surface area contributed by atoms with Crippen LogP contribution in [0.25, 0.3) is 5.57 Å². The largest absolute Gasteiger partial charge is 0.378 e. The number of benzene rings is 1. The Hall–Kier alpha value is -1.65. The maximum atomic E-state index is 12.2. The van der Waals surface area contributed by atoms with Crippen LogP contribution in [0.1, 0.15) is 25.8 Å². The molecule has 0 aliphatic carbocycles. The summed E-state index contributed by atoms with van der Waals surface area (Å²) in [6, 6.07) is 10.7. The Morgan fingerprint density at radius 2 is 2.08 bits per heavy atom. The predicted molar refractivity (Wildman–Crippen MR) is 96.6 cm³/mol. The van der Waals surface area contributed by atoms with Gasteiger partial charge in [0.05, 0.1) is 25.2 Å². The number of amides is 1. The summed E-state index contributed by atoms with van der Waals surface area (Å²) < 4.78 is 5.62. The molecule has 1 N–H and O–H groups in total. The molecule has 0 aromatic heterocycles. The van der Waals surface area contributed by atoms with Crippen molar-refractivity contribution in [3.63, 3.8) is 0 Å². The summed E-state index contributed by atoms with van der Waals surface area (Å²) in [6.07, 6.45) is 3.44. The van der Waals surface area contributed by atoms with Crippen molar-refractivity contribution in [2.24, 2.45) is 11.8 Å². The Balaban J connectivity index is 1.77. The molecule has 2 saturated heterocycles. The molecule has 2 aliphatic rings. The molecule has 2 heterocycles. The Morgan fingerprint density at radius 3 is 2.83 bits per heavy atom. The molecule has 4 heteroatoms. The Labute approximate surface area is 144 Å². The van der Waals surface area contributed by atoms with E-state index in [1.54, 1.807) is 0 Å². The van der Waals surface area contributed by atoms with E-state index >= 15 is 0 Å². The summed E-state index contributed by atoms with van der Waals surface area (Å²) in [5.41, 5.74) is 2.64. The molecule has 2 aliphatic heterocycles. The molecule has 2 bridgehead atoms. The zero-order valence-electron chi connectivity index (χ0n) is 14.7. The summed E-state index contributed by atoms with van der Waals surface area (Å²) in [7, 11) is 0. The van der Waals surface area contributed by atoms with E-state index in [-0.39, 0.29) is 17.9 Å². The van der Waals surface area contributed by atoms with Crippen LogP contribution in [0.3, 0.4) is 0 Å². The number of nitrogens with one attached hydrogen (secondary N) is 1. The van der Waals surface area contributed by atoms with Crippen molar-refractivity contribution in [2.45, 2.75) is 26.3 Å². The molecule has 0 saturated carbocycles. The third-order valence-electron chi connectivity index (χ3n) is 4.69. The molecule has 4 nitrogen and oxygen atoms in total. The molecule has 0 unspecified atom stereocenters. The first-order valence-corrected chi connectivity index (χ1v) is 8.96. The molecule has 130 valence electrons. The fraction of sp³-hybridized carbons (Fsp3) is 0.550. The normalized spacial score (nSPS) is 25.5. The topological polar surface area (TPSA) is 41.6 Å². The second kappa shape index (κ2) is 7.95. The SMILES string of the molecule is CC(C)CC=C(CN1C[C@H]2COC[C@@H](C1)C(=O)N2)c1ccccc1. The van der Waals surface area contributed by atoms with Crippen LogP contribution in [0, 0.1) is 11.8 Å². The lowest BCUT2D eigenvalue weighted by molar-refractivity contribution is -0.125. The molecule has 1 amide bonds. The number of rotatable bonds is 5. The van der Waals surface area contributed by atoms with Gasteiger partial charge in [-0.05, 0) is 23.5 Å². The number of fused-ring (bicyclic) bond motifs is 3. The van der Waals surface area contributed by atoms with Crippen LogP contribution in [-0.4, -0.2) is 49.7 Å². The second-order valence-electron chi connectivity index (χ2n) is 7.36. The van der Waals surface area contributed by atoms with Crippen LogP contribution in [0.15, 0.2) is 36.4 Å². The minimum atomic E-state index is -0.0559. The van der Waals surface area contributed by atoms with Crippen molar-refractivity contribution in [1.82, 2.24) is 10.2 Å². The standard InChI is InChI=1S/C20H28N2O2/c1-15(2)8-9-17(16-6-4-3-5-7-16)10-22-11-18-13-24-14-19(12-22)21-20(18)23/h3-7,9,15,18-19H,8,10-14H2,1-2H3,(H,21,23)/t18-,19+/m1/s1. The third-order valence-corrected chi connectivity index (χ3v) is 4.69. The molecule has 2 atom stereocenters. The second-order valence-corrected chi connectivity index (χ2v) is 7.36. The maximum Gasteiger partial charge on any atom is 0.227 e. The highest BCUT2D eigenvalue weighted by Gasteiger charge is 2.33. The highest BCUT2D eigenvalue weighted by Crippen LogP contribution is 2.21. The molecule has 1 aromatic rings. The van der Waals surface area contributed by atoms with Gasteiger partial charge in [0.1, 0.15) is 0 Å². The van der Waals surface area contributed by atoms with Gasteiger partial charge >= 0.3 is 0 Å². The van der Waals surface area contributed by atoms with Crippen molar-refractivity contribution in [3.05, 3.63) is 42.0 Å². The van der Waals surface area contributed by atoms with Crippen molar-refractivity contribution in [3.8, 4) is 0 Å².